The van der Waals surface area contributed by atoms with Gasteiger partial charge >= 0.3 is 0 Å². The highest BCUT2D eigenvalue weighted by Crippen LogP contribution is 2.27. The van der Waals surface area contributed by atoms with Crippen molar-refractivity contribution in [1.82, 2.24) is 0 Å². The Labute approximate surface area is 129 Å². The van der Waals surface area contributed by atoms with Crippen LogP contribution in [0.25, 0.3) is 11.0 Å². The number of furan rings is 1. The van der Waals surface area contributed by atoms with Crippen LogP contribution in [0.3, 0.4) is 0 Å². The third kappa shape index (κ3) is 2.62. The first-order valence-electron chi connectivity index (χ1n) is 7.39. The van der Waals surface area contributed by atoms with Gasteiger partial charge in [-0.3, -0.25) is 4.79 Å². The molecule has 3 nitrogen and oxygen atoms in total. The van der Waals surface area contributed by atoms with Gasteiger partial charge in [0.2, 0.25) is 0 Å². The fourth-order valence-electron chi connectivity index (χ4n) is 2.67. The van der Waals surface area contributed by atoms with Gasteiger partial charge in [0.1, 0.15) is 17.1 Å². The molecule has 0 radical (unpaired) electrons. The van der Waals surface area contributed by atoms with Crippen molar-refractivity contribution in [2.75, 3.05) is 7.11 Å². The number of hydrogen-bond acceptors (Lipinski definition) is 3. The largest absolute Gasteiger partial charge is 0.497 e. The number of Topliss-reactive ketones (excluding diaryl/α,β-unsaturated/α-hetero) is 1. The molecule has 112 valence electrons. The Kier molecular flexibility index (Phi) is 3.96. The van der Waals surface area contributed by atoms with Crippen LogP contribution in [0.2, 0.25) is 0 Å². The monoisotopic (exact) mass is 294 g/mol. The lowest BCUT2D eigenvalue weighted by Gasteiger charge is -2.04. The van der Waals surface area contributed by atoms with E-state index in [1.54, 1.807) is 7.11 Å². The van der Waals surface area contributed by atoms with Crippen LogP contribution in [0.4, 0.5) is 0 Å². The summed E-state index contributed by atoms with van der Waals surface area (Å²) < 4.78 is 10.9. The van der Waals surface area contributed by atoms with Crippen LogP contribution < -0.4 is 4.74 Å². The predicted molar refractivity (Wildman–Crippen MR) is 86.6 cm³/mol. The van der Waals surface area contributed by atoms with E-state index in [0.717, 1.165) is 28.0 Å². The van der Waals surface area contributed by atoms with Crippen molar-refractivity contribution < 1.29 is 13.9 Å². The topological polar surface area (TPSA) is 39.4 Å². The molecule has 0 N–H and O–H groups in total. The molecule has 0 aliphatic heterocycles. The first-order valence-corrected chi connectivity index (χ1v) is 7.39. The van der Waals surface area contributed by atoms with Gasteiger partial charge < -0.3 is 9.15 Å². The van der Waals surface area contributed by atoms with E-state index >= 15 is 0 Å². The van der Waals surface area contributed by atoms with Crippen molar-refractivity contribution >= 4 is 16.8 Å². The molecule has 0 aliphatic carbocycles. The lowest BCUT2D eigenvalue weighted by atomic mass is 9.99. The van der Waals surface area contributed by atoms with E-state index in [-0.39, 0.29) is 5.78 Å². The highest BCUT2D eigenvalue weighted by atomic mass is 16.5. The van der Waals surface area contributed by atoms with Gasteiger partial charge in [0.05, 0.1) is 12.7 Å². The minimum atomic E-state index is 0.0898. The van der Waals surface area contributed by atoms with Gasteiger partial charge in [-0.2, -0.15) is 0 Å². The lowest BCUT2D eigenvalue weighted by Crippen LogP contribution is -2.05. The molecule has 3 heteroatoms. The normalized spacial score (nSPS) is 10.8. The Bertz CT molecular complexity index is 797. The standard InChI is InChI=1S/C19H18O3/c1-3-17-19(15-6-4-5-7-18(15)22-17)16(20)12-13-8-10-14(21-2)11-9-13/h4-11H,3,12H2,1-2H3. The van der Waals surface area contributed by atoms with Gasteiger partial charge in [0.25, 0.3) is 0 Å². The quantitative estimate of drug-likeness (QED) is 0.653. The molecule has 0 bridgehead atoms. The molecule has 0 amide bonds. The molecule has 0 saturated heterocycles. The summed E-state index contributed by atoms with van der Waals surface area (Å²) in [5, 5.41) is 0.901. The Morgan fingerprint density at radius 3 is 2.50 bits per heavy atom. The van der Waals surface area contributed by atoms with Gasteiger partial charge in [-0.05, 0) is 23.8 Å². The predicted octanol–water partition coefficient (Wildman–Crippen LogP) is 4.43. The van der Waals surface area contributed by atoms with Crippen LogP contribution in [-0.4, -0.2) is 12.9 Å². The van der Waals surface area contributed by atoms with E-state index in [1.807, 2.05) is 55.5 Å². The Morgan fingerprint density at radius 1 is 1.09 bits per heavy atom. The van der Waals surface area contributed by atoms with Crippen LogP contribution >= 0.6 is 0 Å². The van der Waals surface area contributed by atoms with E-state index < -0.39 is 0 Å². The van der Waals surface area contributed by atoms with Crippen molar-refractivity contribution in [1.29, 1.82) is 0 Å². The second-order valence-electron chi connectivity index (χ2n) is 5.20. The average molecular weight is 294 g/mol. The van der Waals surface area contributed by atoms with Crippen molar-refractivity contribution in [3.8, 4) is 5.75 Å². The summed E-state index contributed by atoms with van der Waals surface area (Å²) in [6, 6.07) is 15.3. The zero-order valence-corrected chi connectivity index (χ0v) is 12.8. The molecule has 0 fully saturated rings. The summed E-state index contributed by atoms with van der Waals surface area (Å²) in [7, 11) is 1.63. The highest BCUT2D eigenvalue weighted by Gasteiger charge is 2.19. The van der Waals surface area contributed by atoms with E-state index in [4.69, 9.17) is 9.15 Å². The molecule has 2 aromatic carbocycles. The van der Waals surface area contributed by atoms with Gasteiger partial charge in [-0.25, -0.2) is 0 Å². The maximum absolute atomic E-state index is 12.7. The smallest absolute Gasteiger partial charge is 0.171 e. The van der Waals surface area contributed by atoms with Crippen LogP contribution in [-0.2, 0) is 12.8 Å². The highest BCUT2D eigenvalue weighted by molar-refractivity contribution is 6.09. The Balaban J connectivity index is 1.94. The maximum Gasteiger partial charge on any atom is 0.171 e. The number of ether oxygens (including phenoxy) is 1. The number of para-hydroxylation sites is 1. The fourth-order valence-corrected chi connectivity index (χ4v) is 2.67. The molecule has 1 heterocycles. The number of carbonyl (C=O) groups is 1. The maximum atomic E-state index is 12.7. The summed E-state index contributed by atoms with van der Waals surface area (Å²) in [5.41, 5.74) is 2.46. The van der Waals surface area contributed by atoms with E-state index in [9.17, 15) is 4.79 Å². The molecule has 0 atom stereocenters. The number of benzene rings is 2. The van der Waals surface area contributed by atoms with E-state index in [1.165, 1.54) is 0 Å². The molecule has 0 spiro atoms. The van der Waals surface area contributed by atoms with Crippen molar-refractivity contribution in [3.05, 3.63) is 65.4 Å². The van der Waals surface area contributed by atoms with E-state index in [0.29, 0.717) is 18.4 Å². The van der Waals surface area contributed by atoms with Crippen molar-refractivity contribution in [2.24, 2.45) is 0 Å². The summed E-state index contributed by atoms with van der Waals surface area (Å²) >= 11 is 0. The number of fused-ring (bicyclic) bond motifs is 1. The second-order valence-corrected chi connectivity index (χ2v) is 5.20. The summed E-state index contributed by atoms with van der Waals surface area (Å²) in [5.74, 6) is 1.64. The molecule has 1 aromatic heterocycles. The van der Waals surface area contributed by atoms with Crippen LogP contribution in [0.15, 0.2) is 52.9 Å². The minimum Gasteiger partial charge on any atom is -0.497 e. The number of methoxy groups -OCH3 is 1. The summed E-state index contributed by atoms with van der Waals surface area (Å²) in [6.07, 6.45) is 1.07. The molecule has 3 aromatic rings. The first kappa shape index (κ1) is 14.4. The number of rotatable bonds is 5. The zero-order valence-electron chi connectivity index (χ0n) is 12.8. The number of aryl methyl sites for hydroxylation is 1. The number of hydrogen-bond donors (Lipinski definition) is 0. The van der Waals surface area contributed by atoms with Gasteiger partial charge in [0.15, 0.2) is 5.78 Å². The third-order valence-corrected chi connectivity index (χ3v) is 3.79. The molecule has 3 rings (SSSR count). The van der Waals surface area contributed by atoms with E-state index in [2.05, 4.69) is 0 Å². The number of carbonyl (C=O) groups excluding carboxylic acids is 1. The van der Waals surface area contributed by atoms with Crippen molar-refractivity contribution in [3.63, 3.8) is 0 Å². The summed E-state index contributed by atoms with van der Waals surface area (Å²) in [6.45, 7) is 2.00. The minimum absolute atomic E-state index is 0.0898. The van der Waals surface area contributed by atoms with Gasteiger partial charge in [-0.1, -0.05) is 37.3 Å². The van der Waals surface area contributed by atoms with Crippen molar-refractivity contribution in [2.45, 2.75) is 19.8 Å². The molecular formula is C19H18O3. The second kappa shape index (κ2) is 6.06. The van der Waals surface area contributed by atoms with Crippen LogP contribution in [0, 0.1) is 0 Å². The van der Waals surface area contributed by atoms with Gasteiger partial charge in [0, 0.05) is 18.2 Å². The molecule has 0 unspecified atom stereocenters. The molecular weight excluding hydrogens is 276 g/mol. The first-order chi connectivity index (χ1) is 10.7. The SMILES string of the molecule is CCc1oc2ccccc2c1C(=O)Cc1ccc(OC)cc1. The average Bonchev–Trinajstić information content (AvgIpc) is 2.94. The summed E-state index contributed by atoms with van der Waals surface area (Å²) in [4.78, 5) is 12.7. The van der Waals surface area contributed by atoms with Crippen LogP contribution in [0.5, 0.6) is 5.75 Å². The molecule has 0 saturated carbocycles. The van der Waals surface area contributed by atoms with Crippen LogP contribution in [0.1, 0.15) is 28.6 Å². The number of ketones is 1. The zero-order chi connectivity index (χ0) is 15.5. The van der Waals surface area contributed by atoms with Gasteiger partial charge in [-0.15, -0.1) is 0 Å². The Morgan fingerprint density at radius 2 is 1.82 bits per heavy atom. The third-order valence-electron chi connectivity index (χ3n) is 3.79. The lowest BCUT2D eigenvalue weighted by molar-refractivity contribution is 0.0992. The molecule has 0 aliphatic rings. The molecule has 22 heavy (non-hydrogen) atoms. The fraction of sp³-hybridized carbons (Fsp3) is 0.211. The Hall–Kier alpha value is -2.55.